The van der Waals surface area contributed by atoms with Gasteiger partial charge in [0.25, 0.3) is 0 Å². The van der Waals surface area contributed by atoms with Gasteiger partial charge >= 0.3 is 5.97 Å². The number of aromatic hydroxyl groups is 1. The molecule has 2 rings (SSSR count). The number of benzene rings is 1. The topological polar surface area (TPSA) is 130 Å². The fourth-order valence-corrected chi connectivity index (χ4v) is 1.73. The summed E-state index contributed by atoms with van der Waals surface area (Å²) in [7, 11) is 1.69. The zero-order valence-corrected chi connectivity index (χ0v) is 11.1. The molecule has 0 radical (unpaired) electrons. The van der Waals surface area contributed by atoms with Gasteiger partial charge in [-0.25, -0.2) is 4.79 Å². The molecule has 110 valence electrons. The van der Waals surface area contributed by atoms with Crippen LogP contribution in [0.1, 0.15) is 22.0 Å². The summed E-state index contributed by atoms with van der Waals surface area (Å²) >= 11 is 0. The molecular weight excluding hydrogens is 276 g/mol. The molecule has 8 nitrogen and oxygen atoms in total. The molecule has 1 aromatic carbocycles. The van der Waals surface area contributed by atoms with Crippen LogP contribution >= 0.6 is 0 Å². The predicted molar refractivity (Wildman–Crippen MR) is 73.8 cm³/mol. The van der Waals surface area contributed by atoms with Gasteiger partial charge in [0, 0.05) is 18.8 Å². The number of hydrogen-bond donors (Lipinski definition) is 4. The lowest BCUT2D eigenvalue weighted by Crippen LogP contribution is -2.27. The Bertz CT molecular complexity index is 695. The lowest BCUT2D eigenvalue weighted by atomic mass is 10.1. The molecule has 8 heteroatoms. The van der Waals surface area contributed by atoms with Crippen molar-refractivity contribution in [2.24, 2.45) is 12.8 Å². The first-order valence-electron chi connectivity index (χ1n) is 6.00. The molecule has 0 bridgehead atoms. The molecule has 1 heterocycles. The zero-order chi connectivity index (χ0) is 15.6. The van der Waals surface area contributed by atoms with Gasteiger partial charge in [-0.2, -0.15) is 5.10 Å². The Labute approximate surface area is 119 Å². The zero-order valence-electron chi connectivity index (χ0n) is 11.1. The lowest BCUT2D eigenvalue weighted by molar-refractivity contribution is -0.117. The number of rotatable bonds is 4. The largest absolute Gasteiger partial charge is 0.506 e. The molecule has 2 aromatic rings. The second kappa shape index (κ2) is 5.63. The van der Waals surface area contributed by atoms with Crippen molar-refractivity contribution >= 4 is 17.6 Å². The van der Waals surface area contributed by atoms with E-state index in [1.807, 2.05) is 0 Å². The first-order chi connectivity index (χ1) is 9.88. The molecule has 1 unspecified atom stereocenters. The molecule has 1 amide bonds. The number of hydrogen-bond acceptors (Lipinski definition) is 5. The summed E-state index contributed by atoms with van der Waals surface area (Å²) in [6.07, 6.45) is 3.05. The van der Waals surface area contributed by atoms with E-state index in [1.165, 1.54) is 23.0 Å². The minimum Gasteiger partial charge on any atom is -0.506 e. The number of nitrogens with two attached hydrogens (primary N) is 1. The van der Waals surface area contributed by atoms with Crippen LogP contribution in [0.4, 0.5) is 5.69 Å². The van der Waals surface area contributed by atoms with E-state index < -0.39 is 17.9 Å². The first kappa shape index (κ1) is 14.5. The molecular formula is C13H14N4O4. The van der Waals surface area contributed by atoms with Gasteiger partial charge in [-0.1, -0.05) is 0 Å². The van der Waals surface area contributed by atoms with Crippen molar-refractivity contribution in [3.63, 3.8) is 0 Å². The summed E-state index contributed by atoms with van der Waals surface area (Å²) in [4.78, 5) is 22.9. The van der Waals surface area contributed by atoms with E-state index in [0.29, 0.717) is 5.56 Å². The molecule has 21 heavy (non-hydrogen) atoms. The lowest BCUT2D eigenvalue weighted by Gasteiger charge is -2.12. The van der Waals surface area contributed by atoms with Crippen molar-refractivity contribution in [1.29, 1.82) is 0 Å². The van der Waals surface area contributed by atoms with Gasteiger partial charge in [-0.15, -0.1) is 0 Å². The van der Waals surface area contributed by atoms with Gasteiger partial charge in [-0.05, 0) is 18.2 Å². The number of nitrogens with zero attached hydrogens (tertiary/aromatic N) is 2. The van der Waals surface area contributed by atoms with Crippen molar-refractivity contribution in [2.45, 2.75) is 6.04 Å². The summed E-state index contributed by atoms with van der Waals surface area (Å²) in [5.74, 6) is -1.99. The molecule has 5 N–H and O–H groups in total. The van der Waals surface area contributed by atoms with Gasteiger partial charge in [0.05, 0.1) is 17.4 Å². The highest BCUT2D eigenvalue weighted by Gasteiger charge is 2.19. The van der Waals surface area contributed by atoms with E-state index >= 15 is 0 Å². The molecule has 1 aromatic heterocycles. The highest BCUT2D eigenvalue weighted by Crippen LogP contribution is 2.25. The number of nitrogens with one attached hydrogen (secondary N) is 1. The van der Waals surface area contributed by atoms with Gasteiger partial charge in [0.15, 0.2) is 0 Å². The molecule has 0 aliphatic heterocycles. The van der Waals surface area contributed by atoms with Crippen molar-refractivity contribution in [3.05, 3.63) is 41.7 Å². The monoisotopic (exact) mass is 290 g/mol. The quantitative estimate of drug-likeness (QED) is 0.605. The van der Waals surface area contributed by atoms with Crippen molar-refractivity contribution < 1.29 is 19.8 Å². The number of aromatic nitrogens is 2. The van der Waals surface area contributed by atoms with Gasteiger partial charge in [-0.3, -0.25) is 9.48 Å². The number of anilines is 1. The van der Waals surface area contributed by atoms with E-state index in [-0.39, 0.29) is 17.0 Å². The van der Waals surface area contributed by atoms with E-state index in [0.717, 1.165) is 6.07 Å². The highest BCUT2D eigenvalue weighted by atomic mass is 16.4. The van der Waals surface area contributed by atoms with Crippen molar-refractivity contribution in [3.8, 4) is 5.75 Å². The van der Waals surface area contributed by atoms with Gasteiger partial charge < -0.3 is 21.3 Å². The maximum Gasteiger partial charge on any atom is 0.335 e. The number of carbonyl (C=O) groups excluding carboxylic acids is 1. The van der Waals surface area contributed by atoms with E-state index in [1.54, 1.807) is 13.2 Å². The molecule has 1 atom stereocenters. The van der Waals surface area contributed by atoms with Crippen LogP contribution in [0.2, 0.25) is 0 Å². The van der Waals surface area contributed by atoms with Gasteiger partial charge in [0.1, 0.15) is 11.8 Å². The highest BCUT2D eigenvalue weighted by molar-refractivity contribution is 5.98. The van der Waals surface area contributed by atoms with Gasteiger partial charge in [0.2, 0.25) is 5.91 Å². The predicted octanol–water partition coefficient (Wildman–Crippen LogP) is 0.462. The average molecular weight is 290 g/mol. The number of aryl methyl sites for hydroxylation is 1. The Kier molecular flexibility index (Phi) is 3.90. The summed E-state index contributed by atoms with van der Waals surface area (Å²) in [5, 5.41) is 24.9. The number of phenolic OH excluding ortho intramolecular Hbond substituents is 1. The maximum atomic E-state index is 12.0. The Hall–Kier alpha value is -2.87. The van der Waals surface area contributed by atoms with Crippen molar-refractivity contribution in [2.75, 3.05) is 5.32 Å². The minimum absolute atomic E-state index is 0.0146. The molecule has 0 spiro atoms. The summed E-state index contributed by atoms with van der Waals surface area (Å²) in [6, 6.07) is 2.60. The summed E-state index contributed by atoms with van der Waals surface area (Å²) in [6.45, 7) is 0. The minimum atomic E-state index is -1.16. The Morgan fingerprint density at radius 1 is 1.43 bits per heavy atom. The number of carboxylic acid groups (broad SMARTS) is 1. The molecule has 0 aliphatic rings. The SMILES string of the molecule is Cn1cc(C(N)C(=O)Nc2cc(C(=O)O)ccc2O)cn1. The Morgan fingerprint density at radius 3 is 2.71 bits per heavy atom. The summed E-state index contributed by atoms with van der Waals surface area (Å²) < 4.78 is 1.50. The van der Waals surface area contributed by atoms with E-state index in [9.17, 15) is 14.7 Å². The van der Waals surface area contributed by atoms with Crippen LogP contribution in [-0.4, -0.2) is 31.9 Å². The standard InChI is InChI=1S/C13H14N4O4/c1-17-6-8(5-15-17)11(14)12(19)16-9-4-7(13(20)21)2-3-10(9)18/h2-6,11,18H,14H2,1H3,(H,16,19)(H,20,21). The maximum absolute atomic E-state index is 12.0. The van der Waals surface area contributed by atoms with Crippen LogP contribution in [0.3, 0.4) is 0 Å². The molecule has 0 saturated heterocycles. The third-order valence-corrected chi connectivity index (χ3v) is 2.87. The van der Waals surface area contributed by atoms with Crippen LogP contribution in [0.15, 0.2) is 30.6 Å². The second-order valence-corrected chi connectivity index (χ2v) is 4.45. The van der Waals surface area contributed by atoms with Crippen LogP contribution in [0.5, 0.6) is 5.75 Å². The normalized spacial score (nSPS) is 11.9. The fraction of sp³-hybridized carbons (Fsp3) is 0.154. The first-order valence-corrected chi connectivity index (χ1v) is 6.00. The number of phenols is 1. The molecule has 0 saturated carbocycles. The molecule has 0 fully saturated rings. The van der Waals surface area contributed by atoms with Crippen molar-refractivity contribution in [1.82, 2.24) is 9.78 Å². The van der Waals surface area contributed by atoms with Crippen LogP contribution in [-0.2, 0) is 11.8 Å². The third-order valence-electron chi connectivity index (χ3n) is 2.87. The fourth-order valence-electron chi connectivity index (χ4n) is 1.73. The molecule has 0 aliphatic carbocycles. The van der Waals surface area contributed by atoms with Crippen LogP contribution in [0, 0.1) is 0 Å². The second-order valence-electron chi connectivity index (χ2n) is 4.45. The number of carbonyl (C=O) groups is 2. The Balaban J connectivity index is 2.19. The smallest absolute Gasteiger partial charge is 0.335 e. The number of amides is 1. The van der Waals surface area contributed by atoms with E-state index in [2.05, 4.69) is 10.4 Å². The van der Waals surface area contributed by atoms with E-state index in [4.69, 9.17) is 10.8 Å². The number of aromatic carboxylic acids is 1. The number of carboxylic acids is 1. The van der Waals surface area contributed by atoms with Crippen LogP contribution in [0.25, 0.3) is 0 Å². The third kappa shape index (κ3) is 3.18. The average Bonchev–Trinajstić information content (AvgIpc) is 2.86. The summed E-state index contributed by atoms with van der Waals surface area (Å²) in [5.41, 5.74) is 6.22. The Morgan fingerprint density at radius 2 is 2.14 bits per heavy atom. The van der Waals surface area contributed by atoms with Crippen LogP contribution < -0.4 is 11.1 Å².